The van der Waals surface area contributed by atoms with Gasteiger partial charge in [0.1, 0.15) is 11.4 Å². The highest BCUT2D eigenvalue weighted by Gasteiger charge is 2.29. The number of rotatable bonds is 3. The van der Waals surface area contributed by atoms with Gasteiger partial charge in [-0.3, -0.25) is 20.4 Å². The standard InChI is InChI=1S/C16H17FN2O5S/c1-9-12-7-11(17)2-3-13(12)24-15(9)16(21)19-18-14(20)6-10-4-5-25(22,23)8-10/h2-3,7,10H,4-6,8H2,1H3,(H,18,20)(H,19,21)/t10-/m1/s1. The molecule has 2 aromatic rings. The third kappa shape index (κ3) is 3.81. The van der Waals surface area contributed by atoms with Gasteiger partial charge >= 0.3 is 5.91 Å². The lowest BCUT2D eigenvalue weighted by Gasteiger charge is -2.09. The first-order chi connectivity index (χ1) is 11.7. The van der Waals surface area contributed by atoms with Gasteiger partial charge in [0, 0.05) is 17.4 Å². The fourth-order valence-corrected chi connectivity index (χ4v) is 4.80. The fourth-order valence-electron chi connectivity index (χ4n) is 2.94. The van der Waals surface area contributed by atoms with Crippen molar-refractivity contribution in [1.82, 2.24) is 10.9 Å². The predicted molar refractivity (Wildman–Crippen MR) is 87.9 cm³/mol. The number of carbonyl (C=O) groups is 2. The molecule has 0 radical (unpaired) electrons. The first kappa shape index (κ1) is 17.4. The number of hydrogen-bond acceptors (Lipinski definition) is 5. The molecule has 134 valence electrons. The summed E-state index contributed by atoms with van der Waals surface area (Å²) >= 11 is 0. The second-order valence-corrected chi connectivity index (χ2v) is 8.40. The van der Waals surface area contributed by atoms with Crippen molar-refractivity contribution in [1.29, 1.82) is 0 Å². The van der Waals surface area contributed by atoms with Crippen LogP contribution in [0.3, 0.4) is 0 Å². The molecule has 0 saturated carbocycles. The van der Waals surface area contributed by atoms with Crippen LogP contribution < -0.4 is 10.9 Å². The topological polar surface area (TPSA) is 105 Å². The fraction of sp³-hybridized carbons (Fsp3) is 0.375. The molecule has 2 N–H and O–H groups in total. The predicted octanol–water partition coefficient (Wildman–Crippen LogP) is 1.47. The second-order valence-electron chi connectivity index (χ2n) is 6.17. The second kappa shape index (κ2) is 6.47. The van der Waals surface area contributed by atoms with Gasteiger partial charge in [-0.05, 0) is 37.5 Å². The number of aryl methyl sites for hydroxylation is 1. The van der Waals surface area contributed by atoms with E-state index in [0.29, 0.717) is 23.0 Å². The summed E-state index contributed by atoms with van der Waals surface area (Å²) in [6, 6.07) is 3.92. The van der Waals surface area contributed by atoms with Crippen molar-refractivity contribution >= 4 is 32.6 Å². The molecule has 2 amide bonds. The molecule has 9 heteroatoms. The van der Waals surface area contributed by atoms with Crippen molar-refractivity contribution in [3.8, 4) is 0 Å². The maximum Gasteiger partial charge on any atom is 0.305 e. The molecular formula is C16H17FN2O5S. The smallest absolute Gasteiger partial charge is 0.305 e. The summed E-state index contributed by atoms with van der Waals surface area (Å²) in [5, 5.41) is 0.479. The highest BCUT2D eigenvalue weighted by atomic mass is 32.2. The average Bonchev–Trinajstić information content (AvgIpc) is 3.05. The summed E-state index contributed by atoms with van der Waals surface area (Å²) in [4.78, 5) is 24.0. The Bertz CT molecular complexity index is 951. The number of fused-ring (bicyclic) bond motifs is 1. The van der Waals surface area contributed by atoms with Crippen molar-refractivity contribution in [2.45, 2.75) is 19.8 Å². The Balaban J connectivity index is 1.61. The zero-order valence-corrected chi connectivity index (χ0v) is 14.3. The molecule has 1 aromatic carbocycles. The third-order valence-corrected chi connectivity index (χ3v) is 6.06. The monoisotopic (exact) mass is 368 g/mol. The molecule has 1 fully saturated rings. The first-order valence-electron chi connectivity index (χ1n) is 7.73. The molecular weight excluding hydrogens is 351 g/mol. The summed E-state index contributed by atoms with van der Waals surface area (Å²) < 4.78 is 41.4. The van der Waals surface area contributed by atoms with Gasteiger partial charge in [-0.25, -0.2) is 12.8 Å². The Kier molecular flexibility index (Phi) is 4.51. The molecule has 0 aliphatic carbocycles. The maximum atomic E-state index is 13.3. The van der Waals surface area contributed by atoms with Crippen LogP contribution in [0, 0.1) is 18.7 Å². The van der Waals surface area contributed by atoms with E-state index in [9.17, 15) is 22.4 Å². The molecule has 1 aliphatic heterocycles. The van der Waals surface area contributed by atoms with E-state index in [-0.39, 0.29) is 29.6 Å². The van der Waals surface area contributed by atoms with E-state index in [1.54, 1.807) is 6.92 Å². The minimum Gasteiger partial charge on any atom is -0.451 e. The van der Waals surface area contributed by atoms with Crippen LogP contribution in [0.2, 0.25) is 0 Å². The van der Waals surface area contributed by atoms with E-state index in [1.807, 2.05) is 0 Å². The minimum atomic E-state index is -3.05. The van der Waals surface area contributed by atoms with Gasteiger partial charge in [-0.15, -0.1) is 0 Å². The van der Waals surface area contributed by atoms with E-state index >= 15 is 0 Å². The van der Waals surface area contributed by atoms with Gasteiger partial charge in [0.2, 0.25) is 5.91 Å². The Morgan fingerprint density at radius 1 is 1.32 bits per heavy atom. The minimum absolute atomic E-state index is 0.0113. The Morgan fingerprint density at radius 3 is 2.76 bits per heavy atom. The molecule has 7 nitrogen and oxygen atoms in total. The molecule has 2 heterocycles. The Labute approximate surface area is 143 Å². The van der Waals surface area contributed by atoms with Gasteiger partial charge in [-0.1, -0.05) is 0 Å². The molecule has 1 aromatic heterocycles. The lowest BCUT2D eigenvalue weighted by molar-refractivity contribution is -0.122. The average molecular weight is 368 g/mol. The summed E-state index contributed by atoms with van der Waals surface area (Å²) in [6.07, 6.45) is 0.460. The number of carbonyl (C=O) groups excluding carboxylic acids is 2. The normalized spacial score (nSPS) is 19.0. The van der Waals surface area contributed by atoms with Gasteiger partial charge in [0.25, 0.3) is 0 Å². The van der Waals surface area contributed by atoms with Gasteiger partial charge < -0.3 is 4.42 Å². The van der Waals surface area contributed by atoms with Crippen molar-refractivity contribution in [3.63, 3.8) is 0 Å². The van der Waals surface area contributed by atoms with Gasteiger partial charge in [-0.2, -0.15) is 0 Å². The number of amides is 2. The highest BCUT2D eigenvalue weighted by molar-refractivity contribution is 7.91. The number of hydrazine groups is 1. The SMILES string of the molecule is Cc1c(C(=O)NNC(=O)C[C@H]2CCS(=O)(=O)C2)oc2ccc(F)cc12. The molecule has 25 heavy (non-hydrogen) atoms. The number of nitrogens with one attached hydrogen (secondary N) is 2. The van der Waals surface area contributed by atoms with Crippen LogP contribution in [-0.2, 0) is 14.6 Å². The zero-order valence-electron chi connectivity index (χ0n) is 13.5. The molecule has 1 aliphatic rings. The van der Waals surface area contributed by atoms with Crippen LogP contribution in [0.25, 0.3) is 11.0 Å². The number of halogens is 1. The molecule has 1 atom stereocenters. The van der Waals surface area contributed by atoms with E-state index in [2.05, 4.69) is 10.9 Å². The van der Waals surface area contributed by atoms with Gasteiger partial charge in [0.05, 0.1) is 11.5 Å². The largest absolute Gasteiger partial charge is 0.451 e. The summed E-state index contributed by atoms with van der Waals surface area (Å²) in [7, 11) is -3.05. The van der Waals surface area contributed by atoms with Crippen LogP contribution >= 0.6 is 0 Å². The van der Waals surface area contributed by atoms with E-state index < -0.39 is 27.5 Å². The third-order valence-electron chi connectivity index (χ3n) is 4.22. The number of hydrogen-bond donors (Lipinski definition) is 2. The van der Waals surface area contributed by atoms with Crippen LogP contribution in [-0.4, -0.2) is 31.7 Å². The summed E-state index contributed by atoms with van der Waals surface area (Å²) in [6.45, 7) is 1.62. The van der Waals surface area contributed by atoms with Crippen LogP contribution in [0.15, 0.2) is 22.6 Å². The van der Waals surface area contributed by atoms with Crippen LogP contribution in [0.1, 0.15) is 29.0 Å². The quantitative estimate of drug-likeness (QED) is 0.798. The van der Waals surface area contributed by atoms with E-state index in [1.165, 1.54) is 18.2 Å². The number of furan rings is 1. The van der Waals surface area contributed by atoms with Crippen LogP contribution in [0.4, 0.5) is 4.39 Å². The molecule has 0 spiro atoms. The molecule has 1 saturated heterocycles. The summed E-state index contributed by atoms with van der Waals surface area (Å²) in [5.41, 5.74) is 5.31. The maximum absolute atomic E-state index is 13.3. The number of benzene rings is 1. The zero-order chi connectivity index (χ0) is 18.2. The van der Waals surface area contributed by atoms with Crippen molar-refractivity contribution in [2.24, 2.45) is 5.92 Å². The Hall–Kier alpha value is -2.42. The van der Waals surface area contributed by atoms with Crippen molar-refractivity contribution in [3.05, 3.63) is 35.3 Å². The highest BCUT2D eigenvalue weighted by Crippen LogP contribution is 2.26. The van der Waals surface area contributed by atoms with Crippen LogP contribution in [0.5, 0.6) is 0 Å². The molecule has 3 rings (SSSR count). The van der Waals surface area contributed by atoms with Gasteiger partial charge in [0.15, 0.2) is 15.6 Å². The van der Waals surface area contributed by atoms with E-state index in [0.717, 1.165) is 0 Å². The Morgan fingerprint density at radius 2 is 2.08 bits per heavy atom. The lowest BCUT2D eigenvalue weighted by Crippen LogP contribution is -2.42. The van der Waals surface area contributed by atoms with Crippen molar-refractivity contribution in [2.75, 3.05) is 11.5 Å². The van der Waals surface area contributed by atoms with Crippen molar-refractivity contribution < 1.29 is 26.8 Å². The van der Waals surface area contributed by atoms with E-state index in [4.69, 9.17) is 4.42 Å². The first-order valence-corrected chi connectivity index (χ1v) is 9.55. The number of sulfone groups is 1. The lowest BCUT2D eigenvalue weighted by atomic mass is 10.1. The molecule has 0 bridgehead atoms. The summed E-state index contributed by atoms with van der Waals surface area (Å²) in [5.74, 6) is -1.77. The molecule has 0 unspecified atom stereocenters.